The number of rotatable bonds is 7. The first-order chi connectivity index (χ1) is 14.3. The Kier molecular flexibility index (Phi) is 5.52. The molecule has 5 nitrogen and oxygen atoms in total. The van der Waals surface area contributed by atoms with Crippen molar-refractivity contribution >= 4 is 5.69 Å². The molecular formula is C23H20FN3O2. The summed E-state index contributed by atoms with van der Waals surface area (Å²) in [6.45, 7) is 2.43. The van der Waals surface area contributed by atoms with Gasteiger partial charge in [-0.1, -0.05) is 48.5 Å². The largest absolute Gasteiger partial charge is 0.492 e. The zero-order valence-electron chi connectivity index (χ0n) is 15.9. The van der Waals surface area contributed by atoms with E-state index in [1.807, 2.05) is 61.5 Å². The van der Waals surface area contributed by atoms with Crippen molar-refractivity contribution in [3.05, 3.63) is 96.1 Å². The molecule has 3 aromatic carbocycles. The van der Waals surface area contributed by atoms with Crippen LogP contribution < -0.4 is 10.1 Å². The van der Waals surface area contributed by atoms with E-state index in [-0.39, 0.29) is 11.7 Å². The molecule has 0 aliphatic heterocycles. The van der Waals surface area contributed by atoms with Gasteiger partial charge < -0.3 is 14.5 Å². The van der Waals surface area contributed by atoms with Gasteiger partial charge in [-0.05, 0) is 37.3 Å². The summed E-state index contributed by atoms with van der Waals surface area (Å²) < 4.78 is 26.3. The van der Waals surface area contributed by atoms with Gasteiger partial charge in [-0.25, -0.2) is 4.39 Å². The Bertz CT molecular complexity index is 1080. The van der Waals surface area contributed by atoms with E-state index in [9.17, 15) is 4.39 Å². The lowest BCUT2D eigenvalue weighted by Crippen LogP contribution is -2.15. The first-order valence-electron chi connectivity index (χ1n) is 9.38. The predicted molar refractivity (Wildman–Crippen MR) is 109 cm³/mol. The summed E-state index contributed by atoms with van der Waals surface area (Å²) in [4.78, 5) is 0. The molecule has 4 aromatic rings. The molecule has 0 aliphatic rings. The molecule has 29 heavy (non-hydrogen) atoms. The lowest BCUT2D eigenvalue weighted by atomic mass is 10.1. The third-order valence-corrected chi connectivity index (χ3v) is 4.41. The van der Waals surface area contributed by atoms with E-state index in [1.54, 1.807) is 18.2 Å². The van der Waals surface area contributed by atoms with Gasteiger partial charge in [0.15, 0.2) is 0 Å². The monoisotopic (exact) mass is 389 g/mol. The van der Waals surface area contributed by atoms with Crippen molar-refractivity contribution in [1.29, 1.82) is 0 Å². The van der Waals surface area contributed by atoms with Crippen molar-refractivity contribution in [2.45, 2.75) is 13.0 Å². The van der Waals surface area contributed by atoms with Crippen LogP contribution in [0.5, 0.6) is 5.75 Å². The zero-order chi connectivity index (χ0) is 20.1. The van der Waals surface area contributed by atoms with Crippen LogP contribution in [0.3, 0.4) is 0 Å². The van der Waals surface area contributed by atoms with E-state index < -0.39 is 6.04 Å². The molecule has 1 N–H and O–H groups in total. The van der Waals surface area contributed by atoms with Crippen molar-refractivity contribution < 1.29 is 13.5 Å². The minimum Gasteiger partial charge on any atom is -0.492 e. The fraction of sp³-hybridized carbons (Fsp3) is 0.130. The fourth-order valence-electron chi connectivity index (χ4n) is 3.05. The highest BCUT2D eigenvalue weighted by Gasteiger charge is 2.25. The normalized spacial score (nSPS) is 11.8. The summed E-state index contributed by atoms with van der Waals surface area (Å²) in [5.74, 6) is 0.944. The topological polar surface area (TPSA) is 60.2 Å². The third kappa shape index (κ3) is 4.11. The Morgan fingerprint density at radius 2 is 1.66 bits per heavy atom. The highest BCUT2D eigenvalue weighted by Crippen LogP contribution is 2.33. The molecule has 0 radical (unpaired) electrons. The van der Waals surface area contributed by atoms with Gasteiger partial charge >= 0.3 is 0 Å². The molecule has 1 heterocycles. The average molecular weight is 389 g/mol. The molecule has 146 valence electrons. The summed E-state index contributed by atoms with van der Waals surface area (Å²) in [7, 11) is 0. The first-order valence-corrected chi connectivity index (χ1v) is 9.38. The standard InChI is InChI=1S/C23H20FN3O2/c1-2-28-20-15-9-8-14-19(20)25-21(17-12-6-7-13-18(17)24)23-27-26-22(29-23)16-10-4-3-5-11-16/h3-15,21,25H,2H2,1H3/t21-/m0/s1. The van der Waals surface area contributed by atoms with Crippen molar-refractivity contribution in [3.63, 3.8) is 0 Å². The minimum atomic E-state index is -0.678. The van der Waals surface area contributed by atoms with Crippen LogP contribution in [0.25, 0.3) is 11.5 Å². The number of benzene rings is 3. The summed E-state index contributed by atoms with van der Waals surface area (Å²) in [5, 5.41) is 11.7. The zero-order valence-corrected chi connectivity index (χ0v) is 15.9. The van der Waals surface area contributed by atoms with Crippen LogP contribution in [0.15, 0.2) is 83.3 Å². The van der Waals surface area contributed by atoms with Crippen LogP contribution in [0.4, 0.5) is 10.1 Å². The number of para-hydroxylation sites is 2. The Morgan fingerprint density at radius 3 is 2.45 bits per heavy atom. The number of nitrogens with zero attached hydrogens (tertiary/aromatic N) is 2. The number of hydrogen-bond donors (Lipinski definition) is 1. The van der Waals surface area contributed by atoms with E-state index in [4.69, 9.17) is 9.15 Å². The molecule has 4 rings (SSSR count). The Balaban J connectivity index is 1.75. The average Bonchev–Trinajstić information content (AvgIpc) is 3.25. The molecule has 6 heteroatoms. The van der Waals surface area contributed by atoms with Gasteiger partial charge in [0, 0.05) is 11.1 Å². The van der Waals surface area contributed by atoms with Gasteiger partial charge in [0.25, 0.3) is 0 Å². The van der Waals surface area contributed by atoms with Crippen LogP contribution in [-0.4, -0.2) is 16.8 Å². The molecule has 0 saturated heterocycles. The van der Waals surface area contributed by atoms with Gasteiger partial charge in [0.05, 0.1) is 12.3 Å². The lowest BCUT2D eigenvalue weighted by molar-refractivity contribution is 0.341. The maximum atomic E-state index is 14.6. The number of ether oxygens (including phenoxy) is 1. The lowest BCUT2D eigenvalue weighted by Gasteiger charge is -2.19. The van der Waals surface area contributed by atoms with Crippen LogP contribution in [0.1, 0.15) is 24.4 Å². The number of anilines is 1. The maximum absolute atomic E-state index is 14.6. The molecule has 0 bridgehead atoms. The van der Waals surface area contributed by atoms with E-state index in [1.165, 1.54) is 6.07 Å². The highest BCUT2D eigenvalue weighted by atomic mass is 19.1. The van der Waals surface area contributed by atoms with Crippen molar-refractivity contribution in [3.8, 4) is 17.2 Å². The van der Waals surface area contributed by atoms with Crippen LogP contribution in [0, 0.1) is 5.82 Å². The summed E-state index contributed by atoms with van der Waals surface area (Å²) in [6.07, 6.45) is 0. The van der Waals surface area contributed by atoms with Crippen LogP contribution in [-0.2, 0) is 0 Å². The van der Waals surface area contributed by atoms with Crippen LogP contribution >= 0.6 is 0 Å². The molecular weight excluding hydrogens is 369 g/mol. The molecule has 0 spiro atoms. The van der Waals surface area contributed by atoms with Gasteiger partial charge in [0.2, 0.25) is 11.8 Å². The van der Waals surface area contributed by atoms with E-state index in [0.29, 0.717) is 29.5 Å². The highest BCUT2D eigenvalue weighted by molar-refractivity contribution is 5.58. The van der Waals surface area contributed by atoms with Gasteiger partial charge in [-0.15, -0.1) is 10.2 Å². The molecule has 0 amide bonds. The quantitative estimate of drug-likeness (QED) is 0.454. The maximum Gasteiger partial charge on any atom is 0.247 e. The molecule has 0 fully saturated rings. The molecule has 0 saturated carbocycles. The second kappa shape index (κ2) is 8.56. The number of nitrogens with one attached hydrogen (secondary N) is 1. The summed E-state index contributed by atoms with van der Waals surface area (Å²) >= 11 is 0. The Morgan fingerprint density at radius 1 is 0.931 bits per heavy atom. The van der Waals surface area contributed by atoms with E-state index >= 15 is 0 Å². The summed E-state index contributed by atoms with van der Waals surface area (Å²) in [5.41, 5.74) is 1.91. The van der Waals surface area contributed by atoms with Gasteiger partial charge in [-0.3, -0.25) is 0 Å². The van der Waals surface area contributed by atoms with Crippen molar-refractivity contribution in [1.82, 2.24) is 10.2 Å². The van der Waals surface area contributed by atoms with Gasteiger partial charge in [-0.2, -0.15) is 0 Å². The van der Waals surface area contributed by atoms with E-state index in [2.05, 4.69) is 15.5 Å². The van der Waals surface area contributed by atoms with Crippen LogP contribution in [0.2, 0.25) is 0 Å². The predicted octanol–water partition coefficient (Wildman–Crippen LogP) is 5.48. The second-order valence-electron chi connectivity index (χ2n) is 6.34. The van der Waals surface area contributed by atoms with E-state index in [0.717, 1.165) is 5.56 Å². The summed E-state index contributed by atoms with van der Waals surface area (Å²) in [6, 6.07) is 22.8. The number of halogens is 1. The fourth-order valence-corrected chi connectivity index (χ4v) is 3.05. The smallest absolute Gasteiger partial charge is 0.247 e. The molecule has 0 unspecified atom stereocenters. The SMILES string of the molecule is CCOc1ccccc1N[C@H](c1nnc(-c2ccccc2)o1)c1ccccc1F. The molecule has 1 aromatic heterocycles. The van der Waals surface area contributed by atoms with Crippen molar-refractivity contribution in [2.75, 3.05) is 11.9 Å². The van der Waals surface area contributed by atoms with Gasteiger partial charge in [0.1, 0.15) is 17.6 Å². The second-order valence-corrected chi connectivity index (χ2v) is 6.34. The molecule has 0 aliphatic carbocycles. The Labute approximate surface area is 168 Å². The molecule has 1 atom stereocenters. The number of hydrogen-bond acceptors (Lipinski definition) is 5. The number of aromatic nitrogens is 2. The first kappa shape index (κ1) is 18.7. The van der Waals surface area contributed by atoms with Crippen molar-refractivity contribution in [2.24, 2.45) is 0 Å². The Hall–Kier alpha value is -3.67. The minimum absolute atomic E-state index is 0.264. The third-order valence-electron chi connectivity index (χ3n) is 4.41.